The second-order valence-corrected chi connectivity index (χ2v) is 4.23. The summed E-state index contributed by atoms with van der Waals surface area (Å²) in [6.45, 7) is 3.40. The molecule has 1 nitrogen and oxygen atoms in total. The van der Waals surface area contributed by atoms with Gasteiger partial charge < -0.3 is 5.11 Å². The molecule has 0 aromatic heterocycles. The maximum absolute atomic E-state index is 13.6. The van der Waals surface area contributed by atoms with Crippen LogP contribution >= 0.6 is 0 Å². The molecule has 0 saturated carbocycles. The fourth-order valence-corrected chi connectivity index (χ4v) is 1.31. The molecule has 0 aliphatic heterocycles. The topological polar surface area (TPSA) is 20.2 Å². The zero-order chi connectivity index (χ0) is 10.6. The van der Waals surface area contributed by atoms with E-state index in [-0.39, 0.29) is 0 Å². The number of hydrogen-bond donors (Lipinski definition) is 1. The van der Waals surface area contributed by atoms with Crippen molar-refractivity contribution in [1.82, 2.24) is 0 Å². The minimum Gasteiger partial charge on any atom is -0.390 e. The molecule has 0 aliphatic carbocycles. The highest BCUT2D eigenvalue weighted by Gasteiger charge is 2.17. The van der Waals surface area contributed by atoms with E-state index < -0.39 is 11.8 Å². The molecule has 0 aliphatic rings. The Labute approximate surface area is 84.6 Å². The van der Waals surface area contributed by atoms with Gasteiger partial charge in [0.05, 0.1) is 5.60 Å². The monoisotopic (exact) mass is 196 g/mol. The molecule has 1 aromatic carbocycles. The van der Waals surface area contributed by atoms with E-state index in [0.29, 0.717) is 18.4 Å². The molecule has 0 spiro atoms. The van der Waals surface area contributed by atoms with Crippen LogP contribution in [0.5, 0.6) is 0 Å². The van der Waals surface area contributed by atoms with Crippen LogP contribution in [-0.4, -0.2) is 10.7 Å². The van der Waals surface area contributed by atoms with Gasteiger partial charge in [-0.25, -0.2) is 4.39 Å². The number of hydrogen-bond acceptors (Lipinski definition) is 1. The molecule has 0 bridgehead atoms. The Balaban J connectivity index is 2.48. The van der Waals surface area contributed by atoms with Crippen molar-refractivity contribution in [2.45, 2.75) is 38.5 Å². The third-order valence-corrected chi connectivity index (χ3v) is 2.17. The lowest BCUT2D eigenvalue weighted by Gasteiger charge is -2.18. The maximum Gasteiger partial charge on any atom is 0.125 e. The van der Waals surface area contributed by atoms with E-state index in [1.54, 1.807) is 26.0 Å². The van der Waals surface area contributed by atoms with Gasteiger partial charge in [0.25, 0.3) is 0 Å². The van der Waals surface area contributed by atoms with Crippen molar-refractivity contribution in [1.29, 1.82) is 0 Å². The van der Waals surface area contributed by atoms with Crippen LogP contribution in [-0.2, 0) is 0 Å². The summed E-state index contributed by atoms with van der Waals surface area (Å²) in [5.74, 6) is 0. The van der Waals surface area contributed by atoms with Gasteiger partial charge in [-0.1, -0.05) is 30.3 Å². The third kappa shape index (κ3) is 3.88. The van der Waals surface area contributed by atoms with Gasteiger partial charge in [0.2, 0.25) is 0 Å². The Bertz CT molecular complexity index is 263. The lowest BCUT2D eigenvalue weighted by molar-refractivity contribution is 0.0603. The van der Waals surface area contributed by atoms with Gasteiger partial charge in [-0.05, 0) is 32.3 Å². The summed E-state index contributed by atoms with van der Waals surface area (Å²) in [5.41, 5.74) is -0.0872. The van der Waals surface area contributed by atoms with Crippen molar-refractivity contribution in [2.75, 3.05) is 0 Å². The molecule has 0 radical (unpaired) electrons. The van der Waals surface area contributed by atoms with Crippen molar-refractivity contribution in [2.24, 2.45) is 0 Å². The van der Waals surface area contributed by atoms with Crippen molar-refractivity contribution >= 4 is 0 Å². The zero-order valence-corrected chi connectivity index (χ0v) is 8.70. The highest BCUT2D eigenvalue weighted by atomic mass is 19.1. The van der Waals surface area contributed by atoms with E-state index in [1.165, 1.54) is 0 Å². The van der Waals surface area contributed by atoms with Gasteiger partial charge in [-0.15, -0.1) is 0 Å². The summed E-state index contributed by atoms with van der Waals surface area (Å²) in [5, 5.41) is 9.45. The predicted octanol–water partition coefficient (Wildman–Crippen LogP) is 3.25. The van der Waals surface area contributed by atoms with E-state index in [4.69, 9.17) is 0 Å². The molecule has 2 heteroatoms. The largest absolute Gasteiger partial charge is 0.390 e. The quantitative estimate of drug-likeness (QED) is 0.783. The normalized spacial score (nSPS) is 14.0. The fourth-order valence-electron chi connectivity index (χ4n) is 1.31. The molecule has 1 rings (SSSR count). The predicted molar refractivity (Wildman–Crippen MR) is 55.8 cm³/mol. The molecule has 0 heterocycles. The average Bonchev–Trinajstić information content (AvgIpc) is 2.14. The highest BCUT2D eigenvalue weighted by molar-refractivity contribution is 5.17. The van der Waals surface area contributed by atoms with Crippen LogP contribution in [0.3, 0.4) is 0 Å². The second-order valence-electron chi connectivity index (χ2n) is 4.23. The minimum atomic E-state index is -0.970. The Hall–Kier alpha value is -0.890. The Kier molecular flexibility index (Phi) is 3.64. The van der Waals surface area contributed by atoms with Gasteiger partial charge in [0.15, 0.2) is 0 Å². The maximum atomic E-state index is 13.6. The van der Waals surface area contributed by atoms with Crippen molar-refractivity contribution in [3.63, 3.8) is 0 Å². The number of aliphatic hydroxyl groups is 1. The SMILES string of the molecule is CC(C)(O)CCC(F)c1ccccc1. The molecule has 78 valence electrons. The van der Waals surface area contributed by atoms with Crippen LogP contribution in [0.4, 0.5) is 4.39 Å². The van der Waals surface area contributed by atoms with Crippen LogP contribution in [0.15, 0.2) is 30.3 Å². The number of rotatable bonds is 4. The summed E-state index contributed by atoms with van der Waals surface area (Å²) in [7, 11) is 0. The van der Waals surface area contributed by atoms with E-state index in [2.05, 4.69) is 0 Å². The molecular weight excluding hydrogens is 179 g/mol. The summed E-state index contributed by atoms with van der Waals surface area (Å²) in [6, 6.07) is 9.06. The number of halogens is 1. The van der Waals surface area contributed by atoms with Crippen LogP contribution < -0.4 is 0 Å². The fraction of sp³-hybridized carbons (Fsp3) is 0.500. The smallest absolute Gasteiger partial charge is 0.125 e. The lowest BCUT2D eigenvalue weighted by Crippen LogP contribution is -2.18. The highest BCUT2D eigenvalue weighted by Crippen LogP contribution is 2.25. The first kappa shape index (κ1) is 11.2. The summed E-state index contributed by atoms with van der Waals surface area (Å²) in [4.78, 5) is 0. The molecule has 14 heavy (non-hydrogen) atoms. The first-order valence-electron chi connectivity index (χ1n) is 4.90. The van der Waals surface area contributed by atoms with Crippen LogP contribution in [0.2, 0.25) is 0 Å². The number of benzene rings is 1. The average molecular weight is 196 g/mol. The first-order valence-corrected chi connectivity index (χ1v) is 4.90. The van der Waals surface area contributed by atoms with E-state index >= 15 is 0 Å². The molecule has 1 atom stereocenters. The number of alkyl halides is 1. The van der Waals surface area contributed by atoms with Crippen molar-refractivity contribution in [3.8, 4) is 0 Å². The lowest BCUT2D eigenvalue weighted by atomic mass is 9.98. The van der Waals surface area contributed by atoms with Gasteiger partial charge in [-0.3, -0.25) is 0 Å². The molecule has 0 amide bonds. The van der Waals surface area contributed by atoms with Crippen LogP contribution in [0.1, 0.15) is 38.4 Å². The van der Waals surface area contributed by atoms with Crippen LogP contribution in [0.25, 0.3) is 0 Å². The Morgan fingerprint density at radius 3 is 2.36 bits per heavy atom. The van der Waals surface area contributed by atoms with Gasteiger partial charge in [-0.2, -0.15) is 0 Å². The Morgan fingerprint density at radius 1 is 1.29 bits per heavy atom. The molecule has 0 saturated heterocycles. The zero-order valence-electron chi connectivity index (χ0n) is 8.70. The minimum absolute atomic E-state index is 0.369. The van der Waals surface area contributed by atoms with Crippen molar-refractivity contribution in [3.05, 3.63) is 35.9 Å². The molecular formula is C12H17FO. The van der Waals surface area contributed by atoms with Crippen LogP contribution in [0, 0.1) is 0 Å². The molecule has 1 aromatic rings. The second kappa shape index (κ2) is 4.56. The van der Waals surface area contributed by atoms with Gasteiger partial charge in [0, 0.05) is 0 Å². The molecule has 0 fully saturated rings. The van der Waals surface area contributed by atoms with E-state index in [0.717, 1.165) is 0 Å². The summed E-state index contributed by atoms with van der Waals surface area (Å²) >= 11 is 0. The first-order chi connectivity index (χ1) is 6.49. The Morgan fingerprint density at radius 2 is 1.86 bits per heavy atom. The third-order valence-electron chi connectivity index (χ3n) is 2.17. The molecule has 1 unspecified atom stereocenters. The summed E-state index contributed by atoms with van der Waals surface area (Å²) in [6.07, 6.45) is -0.126. The molecule has 1 N–H and O–H groups in total. The summed E-state index contributed by atoms with van der Waals surface area (Å²) < 4.78 is 13.6. The van der Waals surface area contributed by atoms with E-state index in [9.17, 15) is 9.50 Å². The standard InChI is InChI=1S/C12H17FO/c1-12(2,14)9-8-11(13)10-6-4-3-5-7-10/h3-7,11,14H,8-9H2,1-2H3. The van der Waals surface area contributed by atoms with Crippen molar-refractivity contribution < 1.29 is 9.50 Å². The van der Waals surface area contributed by atoms with Gasteiger partial charge in [0.1, 0.15) is 6.17 Å². The van der Waals surface area contributed by atoms with Gasteiger partial charge >= 0.3 is 0 Å². The van der Waals surface area contributed by atoms with E-state index in [1.807, 2.05) is 18.2 Å².